The van der Waals surface area contributed by atoms with Gasteiger partial charge in [-0.15, -0.1) is 0 Å². The first-order valence-corrected chi connectivity index (χ1v) is 14.9. The molecule has 0 unspecified atom stereocenters. The number of phenolic OH excluding ortho intramolecular Hbond substituents is 4. The molecule has 0 fully saturated rings. The van der Waals surface area contributed by atoms with Crippen molar-refractivity contribution in [2.45, 2.75) is 0 Å². The average Bonchev–Trinajstić information content (AvgIpc) is 3.11. The van der Waals surface area contributed by atoms with Gasteiger partial charge in [0.05, 0.1) is 22.7 Å². The van der Waals surface area contributed by atoms with Crippen LogP contribution in [0.3, 0.4) is 0 Å². The van der Waals surface area contributed by atoms with E-state index >= 15 is 0 Å². The van der Waals surface area contributed by atoms with Crippen molar-refractivity contribution in [3.05, 3.63) is 168 Å². The van der Waals surface area contributed by atoms with Gasteiger partial charge in [0.2, 0.25) is 0 Å². The Labute approximate surface area is 317 Å². The molecule has 9 nitrogen and oxygen atoms in total. The van der Waals surface area contributed by atoms with Crippen molar-refractivity contribution < 1.29 is 60.0 Å². The fourth-order valence-electron chi connectivity index (χ4n) is 4.31. The molecule has 0 aromatic heterocycles. The van der Waals surface area contributed by atoms with Crippen molar-refractivity contribution >= 4 is 47.6 Å². The summed E-state index contributed by atoms with van der Waals surface area (Å²) >= 11 is 0. The maximum absolute atomic E-state index is 9.79. The molecule has 0 saturated heterocycles. The number of para-hydroxylation sites is 8. The van der Waals surface area contributed by atoms with Gasteiger partial charge in [0.25, 0.3) is 0 Å². The first-order chi connectivity index (χ1) is 23.5. The Kier molecular flexibility index (Phi) is 17.3. The van der Waals surface area contributed by atoms with E-state index in [9.17, 15) is 20.4 Å². The zero-order chi connectivity index (χ0) is 33.6. The van der Waals surface area contributed by atoms with Gasteiger partial charge in [-0.25, -0.2) is 0 Å². The number of benzene rings is 6. The molecule has 0 spiro atoms. The van der Waals surface area contributed by atoms with Crippen LogP contribution in [0.5, 0.6) is 23.0 Å². The van der Waals surface area contributed by atoms with Gasteiger partial charge in [-0.05, 0) is 72.8 Å². The predicted molar refractivity (Wildman–Crippen MR) is 198 cm³/mol. The van der Waals surface area contributed by atoms with Gasteiger partial charge in [0.1, 0.15) is 23.0 Å². The van der Waals surface area contributed by atoms with Crippen LogP contribution in [0, 0.1) is 0 Å². The van der Waals surface area contributed by atoms with Gasteiger partial charge in [-0.2, -0.15) is 0 Å². The molecular formula is C40H34Fe2N4O5. The first kappa shape index (κ1) is 41.4. The summed E-state index contributed by atoms with van der Waals surface area (Å²) in [6.45, 7) is 0. The van der Waals surface area contributed by atoms with Crippen LogP contribution in [0.1, 0.15) is 22.3 Å². The second-order valence-corrected chi connectivity index (χ2v) is 10.2. The molecule has 11 heteroatoms. The third-order valence-electron chi connectivity index (χ3n) is 6.88. The van der Waals surface area contributed by atoms with Gasteiger partial charge in [-0.1, -0.05) is 72.8 Å². The Balaban J connectivity index is 0.000000334. The van der Waals surface area contributed by atoms with Crippen LogP contribution >= 0.6 is 0 Å². The number of aliphatic imine (C=N–C) groups is 4. The minimum absolute atomic E-state index is 0. The summed E-state index contributed by atoms with van der Waals surface area (Å²) in [4.78, 5) is 17.6. The molecule has 51 heavy (non-hydrogen) atoms. The van der Waals surface area contributed by atoms with E-state index in [0.29, 0.717) is 45.0 Å². The monoisotopic (exact) mass is 762 g/mol. The van der Waals surface area contributed by atoms with Crippen LogP contribution in [0.25, 0.3) is 0 Å². The van der Waals surface area contributed by atoms with Crippen LogP contribution < -0.4 is 0 Å². The number of phenols is 4. The molecule has 6 N–H and O–H groups in total. The Bertz CT molecular complexity index is 1820. The Morgan fingerprint density at radius 1 is 0.294 bits per heavy atom. The van der Waals surface area contributed by atoms with Crippen molar-refractivity contribution in [2.24, 2.45) is 20.0 Å². The predicted octanol–water partition coefficient (Wildman–Crippen LogP) is 8.37. The number of aromatic hydroxyl groups is 4. The maximum atomic E-state index is 9.79. The molecule has 0 atom stereocenters. The molecule has 6 rings (SSSR count). The van der Waals surface area contributed by atoms with E-state index in [4.69, 9.17) is 0 Å². The van der Waals surface area contributed by atoms with E-state index in [1.165, 1.54) is 0 Å². The second-order valence-electron chi connectivity index (χ2n) is 10.2. The van der Waals surface area contributed by atoms with E-state index < -0.39 is 0 Å². The van der Waals surface area contributed by atoms with Crippen molar-refractivity contribution in [1.29, 1.82) is 0 Å². The molecule has 0 radical (unpaired) electrons. The maximum Gasteiger partial charge on any atom is 0.124 e. The molecular weight excluding hydrogens is 728 g/mol. The summed E-state index contributed by atoms with van der Waals surface area (Å²) in [5, 5.41) is 39.2. The van der Waals surface area contributed by atoms with Crippen LogP contribution in [0.2, 0.25) is 0 Å². The van der Waals surface area contributed by atoms with Crippen LogP contribution in [0.4, 0.5) is 22.7 Å². The average molecular weight is 762 g/mol. The van der Waals surface area contributed by atoms with Crippen molar-refractivity contribution in [2.75, 3.05) is 0 Å². The van der Waals surface area contributed by atoms with E-state index in [2.05, 4.69) is 20.0 Å². The standard InChI is InChI=1S/2C20H16N2O2.2Fe.H2O/c2*23-19-11-5-1-7-15(19)13-21-17-9-3-4-10-18(17)22-14-16-8-2-6-12-20(16)24;;;/h2*1-14,23-24H;;;1H2. The fraction of sp³-hybridized carbons (Fsp3) is 0. The van der Waals surface area contributed by atoms with Gasteiger partial charge in [0, 0.05) is 81.2 Å². The molecule has 6 aromatic carbocycles. The molecule has 0 bridgehead atoms. The topological polar surface area (TPSA) is 162 Å². The smallest absolute Gasteiger partial charge is 0.124 e. The summed E-state index contributed by atoms with van der Waals surface area (Å²) in [5.41, 5.74) is 5.24. The normalized spacial score (nSPS) is 10.7. The fourth-order valence-corrected chi connectivity index (χ4v) is 4.31. The van der Waals surface area contributed by atoms with Crippen LogP contribution in [-0.2, 0) is 34.1 Å². The molecule has 0 aliphatic rings. The van der Waals surface area contributed by atoms with Crippen molar-refractivity contribution in [3.8, 4) is 23.0 Å². The zero-order valence-electron chi connectivity index (χ0n) is 27.0. The Hall–Kier alpha value is -5.80. The Morgan fingerprint density at radius 2 is 0.471 bits per heavy atom. The Morgan fingerprint density at radius 3 is 0.667 bits per heavy atom. The van der Waals surface area contributed by atoms with Crippen LogP contribution in [0.15, 0.2) is 166 Å². The van der Waals surface area contributed by atoms with Crippen molar-refractivity contribution in [3.63, 3.8) is 0 Å². The minimum atomic E-state index is 0. The van der Waals surface area contributed by atoms with Crippen LogP contribution in [-0.4, -0.2) is 50.8 Å². The third kappa shape index (κ3) is 12.2. The summed E-state index contributed by atoms with van der Waals surface area (Å²) in [5.74, 6) is 0.709. The number of hydrogen-bond acceptors (Lipinski definition) is 8. The molecule has 6 aromatic rings. The molecule has 0 aliphatic heterocycles. The number of rotatable bonds is 8. The van der Waals surface area contributed by atoms with Gasteiger partial charge in [0.15, 0.2) is 0 Å². The summed E-state index contributed by atoms with van der Waals surface area (Å²) in [6, 6.07) is 42.8. The minimum Gasteiger partial charge on any atom is -0.507 e. The van der Waals surface area contributed by atoms with E-state index in [1.807, 2.05) is 72.8 Å². The summed E-state index contributed by atoms with van der Waals surface area (Å²) in [7, 11) is 0. The SMILES string of the molecule is O.Oc1ccccc1C=Nc1ccccc1N=Cc1ccccc1O.Oc1ccccc1C=Nc1ccccc1N=Cc1ccccc1O.[Fe].[Fe]. The summed E-state index contributed by atoms with van der Waals surface area (Å²) < 4.78 is 0. The van der Waals surface area contributed by atoms with Gasteiger partial charge >= 0.3 is 0 Å². The molecule has 260 valence electrons. The van der Waals surface area contributed by atoms with Crippen molar-refractivity contribution in [1.82, 2.24) is 0 Å². The summed E-state index contributed by atoms with van der Waals surface area (Å²) in [6.07, 6.45) is 6.40. The molecule has 0 amide bonds. The largest absolute Gasteiger partial charge is 0.507 e. The molecule has 0 heterocycles. The second kappa shape index (κ2) is 21.3. The molecule has 0 saturated carbocycles. The van der Waals surface area contributed by atoms with E-state index in [1.54, 1.807) is 97.7 Å². The quantitative estimate of drug-likeness (QED) is 0.0906. The van der Waals surface area contributed by atoms with Gasteiger partial charge in [-0.3, -0.25) is 20.0 Å². The third-order valence-corrected chi connectivity index (χ3v) is 6.88. The van der Waals surface area contributed by atoms with Gasteiger partial charge < -0.3 is 25.9 Å². The first-order valence-electron chi connectivity index (χ1n) is 14.9. The zero-order valence-corrected chi connectivity index (χ0v) is 29.2. The van der Waals surface area contributed by atoms with E-state index in [0.717, 1.165) is 0 Å². The van der Waals surface area contributed by atoms with E-state index in [-0.39, 0.29) is 62.6 Å². The number of nitrogens with zero attached hydrogens (tertiary/aromatic N) is 4. The number of hydrogen-bond donors (Lipinski definition) is 4. The molecule has 0 aliphatic carbocycles.